The molecule has 1 aliphatic rings. The largest absolute Gasteiger partial charge is 0.478 e. The molecule has 0 aromatic carbocycles. The van der Waals surface area contributed by atoms with Crippen molar-refractivity contribution in [3.05, 3.63) is 17.5 Å². The molecule has 0 spiro atoms. The van der Waals surface area contributed by atoms with Gasteiger partial charge in [-0.25, -0.2) is 14.8 Å². The Balaban J connectivity index is 2.17. The second-order valence-electron chi connectivity index (χ2n) is 4.89. The van der Waals surface area contributed by atoms with Crippen LogP contribution < -0.4 is 5.32 Å². The molecule has 0 aliphatic heterocycles. The monoisotopic (exact) mass is 235 g/mol. The number of aryl methyl sites for hydroxylation is 1. The number of nitrogens with one attached hydrogen (secondary N) is 1. The van der Waals surface area contributed by atoms with Crippen molar-refractivity contribution >= 4 is 11.9 Å². The molecule has 1 heterocycles. The smallest absolute Gasteiger partial charge is 0.339 e. The number of hydrogen-bond donors (Lipinski definition) is 2. The van der Waals surface area contributed by atoms with Crippen LogP contribution in [0.5, 0.6) is 0 Å². The van der Waals surface area contributed by atoms with Crippen molar-refractivity contribution in [3.63, 3.8) is 0 Å². The zero-order valence-electron chi connectivity index (χ0n) is 10.2. The quantitative estimate of drug-likeness (QED) is 0.840. The van der Waals surface area contributed by atoms with Gasteiger partial charge in [-0.1, -0.05) is 12.8 Å². The maximum Gasteiger partial charge on any atom is 0.339 e. The average molecular weight is 235 g/mol. The van der Waals surface area contributed by atoms with Gasteiger partial charge in [0.15, 0.2) is 0 Å². The van der Waals surface area contributed by atoms with Crippen molar-refractivity contribution in [2.24, 2.45) is 0 Å². The molecule has 1 aromatic rings. The van der Waals surface area contributed by atoms with Crippen molar-refractivity contribution in [1.29, 1.82) is 0 Å². The summed E-state index contributed by atoms with van der Waals surface area (Å²) in [6.45, 7) is 3.84. The zero-order chi connectivity index (χ0) is 12.5. The van der Waals surface area contributed by atoms with Crippen LogP contribution in [-0.2, 0) is 0 Å². The molecular formula is C12H17N3O2. The van der Waals surface area contributed by atoms with Crippen molar-refractivity contribution in [2.45, 2.75) is 45.1 Å². The van der Waals surface area contributed by atoms with Gasteiger partial charge in [0, 0.05) is 11.7 Å². The van der Waals surface area contributed by atoms with Crippen LogP contribution in [-0.4, -0.2) is 26.6 Å². The number of rotatable bonds is 3. The minimum absolute atomic E-state index is 0.0528. The number of hydrogen-bond acceptors (Lipinski definition) is 4. The molecule has 92 valence electrons. The molecule has 2 N–H and O–H groups in total. The van der Waals surface area contributed by atoms with E-state index in [4.69, 9.17) is 5.11 Å². The third kappa shape index (κ3) is 2.54. The molecule has 2 rings (SSSR count). The van der Waals surface area contributed by atoms with Crippen molar-refractivity contribution in [3.8, 4) is 0 Å². The van der Waals surface area contributed by atoms with Crippen LogP contribution in [0.2, 0.25) is 0 Å². The number of aromatic nitrogens is 2. The molecule has 0 saturated heterocycles. The minimum atomic E-state index is -0.985. The molecule has 0 bridgehead atoms. The highest BCUT2D eigenvalue weighted by Gasteiger charge is 2.29. The van der Waals surface area contributed by atoms with E-state index in [1.54, 1.807) is 6.92 Å². The number of nitrogens with zero attached hydrogens (tertiary/aromatic N) is 2. The number of carbonyl (C=O) groups is 1. The van der Waals surface area contributed by atoms with Gasteiger partial charge in [-0.05, 0) is 26.7 Å². The molecule has 1 aromatic heterocycles. The average Bonchev–Trinajstić information content (AvgIpc) is 2.64. The fourth-order valence-corrected chi connectivity index (χ4v) is 2.29. The lowest BCUT2D eigenvalue weighted by Crippen LogP contribution is -2.32. The maximum atomic E-state index is 10.8. The maximum absolute atomic E-state index is 10.8. The highest BCUT2D eigenvalue weighted by atomic mass is 16.4. The van der Waals surface area contributed by atoms with Crippen LogP contribution in [0.1, 0.15) is 48.7 Å². The van der Waals surface area contributed by atoms with Crippen LogP contribution in [0.15, 0.2) is 6.20 Å². The fraction of sp³-hybridized carbons (Fsp3) is 0.583. The first kappa shape index (κ1) is 11.8. The Morgan fingerprint density at radius 2 is 2.12 bits per heavy atom. The molecule has 1 saturated carbocycles. The Bertz CT molecular complexity index is 439. The number of carboxylic acids is 1. The Labute approximate surface area is 100 Å². The van der Waals surface area contributed by atoms with Gasteiger partial charge in [0.1, 0.15) is 0 Å². The lowest BCUT2D eigenvalue weighted by molar-refractivity contribution is 0.0695. The topological polar surface area (TPSA) is 75.1 Å². The van der Waals surface area contributed by atoms with E-state index in [0.29, 0.717) is 11.6 Å². The van der Waals surface area contributed by atoms with Gasteiger partial charge < -0.3 is 10.4 Å². The summed E-state index contributed by atoms with van der Waals surface area (Å²) in [6, 6.07) is 0. The van der Waals surface area contributed by atoms with Crippen LogP contribution in [0, 0.1) is 6.92 Å². The normalized spacial score (nSPS) is 18.0. The van der Waals surface area contributed by atoms with Crippen molar-refractivity contribution in [2.75, 3.05) is 5.32 Å². The van der Waals surface area contributed by atoms with Crippen molar-refractivity contribution in [1.82, 2.24) is 9.97 Å². The fourth-order valence-electron chi connectivity index (χ4n) is 2.29. The summed E-state index contributed by atoms with van der Waals surface area (Å²) in [5.41, 5.74) is 0.709. The Morgan fingerprint density at radius 3 is 2.65 bits per heavy atom. The van der Waals surface area contributed by atoms with Gasteiger partial charge in [-0.2, -0.15) is 0 Å². The predicted molar refractivity (Wildman–Crippen MR) is 64.2 cm³/mol. The van der Waals surface area contributed by atoms with Gasteiger partial charge in [-0.15, -0.1) is 0 Å². The van der Waals surface area contributed by atoms with E-state index in [9.17, 15) is 4.79 Å². The third-order valence-electron chi connectivity index (χ3n) is 3.33. The predicted octanol–water partition coefficient (Wildman–Crippen LogP) is 2.23. The molecule has 5 nitrogen and oxygen atoms in total. The highest BCUT2D eigenvalue weighted by Crippen LogP contribution is 2.31. The first-order valence-electron chi connectivity index (χ1n) is 5.85. The summed E-state index contributed by atoms with van der Waals surface area (Å²) in [7, 11) is 0. The molecule has 0 atom stereocenters. The van der Waals surface area contributed by atoms with E-state index in [0.717, 1.165) is 12.8 Å². The Hall–Kier alpha value is -1.65. The lowest BCUT2D eigenvalue weighted by Gasteiger charge is -2.25. The molecule has 0 radical (unpaired) electrons. The molecule has 0 unspecified atom stereocenters. The summed E-state index contributed by atoms with van der Waals surface area (Å²) in [5, 5.41) is 12.2. The summed E-state index contributed by atoms with van der Waals surface area (Å²) >= 11 is 0. The molecule has 1 aliphatic carbocycles. The Morgan fingerprint density at radius 1 is 1.47 bits per heavy atom. The van der Waals surface area contributed by atoms with Gasteiger partial charge in [0.25, 0.3) is 0 Å². The molecule has 17 heavy (non-hydrogen) atoms. The third-order valence-corrected chi connectivity index (χ3v) is 3.33. The summed E-state index contributed by atoms with van der Waals surface area (Å²) in [5.74, 6) is -0.460. The van der Waals surface area contributed by atoms with E-state index in [-0.39, 0.29) is 11.1 Å². The molecular weight excluding hydrogens is 218 g/mol. The van der Waals surface area contributed by atoms with Gasteiger partial charge in [0.05, 0.1) is 11.3 Å². The second-order valence-corrected chi connectivity index (χ2v) is 4.89. The highest BCUT2D eigenvalue weighted by molar-refractivity contribution is 5.88. The number of carboxylic acid groups (broad SMARTS) is 1. The summed E-state index contributed by atoms with van der Waals surface area (Å²) in [6.07, 6.45) is 6.02. The van der Waals surface area contributed by atoms with Gasteiger partial charge >= 0.3 is 5.97 Å². The van der Waals surface area contributed by atoms with Gasteiger partial charge in [0.2, 0.25) is 5.95 Å². The van der Waals surface area contributed by atoms with E-state index in [1.165, 1.54) is 19.0 Å². The van der Waals surface area contributed by atoms with Crippen LogP contribution in [0.25, 0.3) is 0 Å². The minimum Gasteiger partial charge on any atom is -0.478 e. The molecule has 0 amide bonds. The SMILES string of the molecule is Cc1nc(NC2(C)CCCC2)ncc1C(=O)O. The van der Waals surface area contributed by atoms with Crippen molar-refractivity contribution < 1.29 is 9.90 Å². The van der Waals surface area contributed by atoms with E-state index in [1.807, 2.05) is 0 Å². The van der Waals surface area contributed by atoms with E-state index < -0.39 is 5.97 Å². The first-order valence-corrected chi connectivity index (χ1v) is 5.85. The summed E-state index contributed by atoms with van der Waals surface area (Å²) < 4.78 is 0. The molecule has 1 fully saturated rings. The second kappa shape index (κ2) is 4.31. The van der Waals surface area contributed by atoms with Crippen LogP contribution in [0.4, 0.5) is 5.95 Å². The Kier molecular flexibility index (Phi) is 3.00. The summed E-state index contributed by atoms with van der Waals surface area (Å²) in [4.78, 5) is 19.1. The molecule has 5 heteroatoms. The van der Waals surface area contributed by atoms with Gasteiger partial charge in [-0.3, -0.25) is 0 Å². The zero-order valence-corrected chi connectivity index (χ0v) is 10.2. The lowest BCUT2D eigenvalue weighted by atomic mass is 10.0. The van der Waals surface area contributed by atoms with E-state index in [2.05, 4.69) is 22.2 Å². The number of aromatic carboxylic acids is 1. The standard InChI is InChI=1S/C12H17N3O2/c1-8-9(10(16)17)7-13-11(14-8)15-12(2)5-3-4-6-12/h7H,3-6H2,1-2H3,(H,16,17)(H,13,14,15). The first-order chi connectivity index (χ1) is 8.00. The number of anilines is 1. The van der Waals surface area contributed by atoms with Crippen LogP contribution >= 0.6 is 0 Å². The van der Waals surface area contributed by atoms with E-state index >= 15 is 0 Å². The van der Waals surface area contributed by atoms with Crippen LogP contribution in [0.3, 0.4) is 0 Å².